The fraction of sp³-hybridized carbons (Fsp3) is 0.406. The molecule has 226 valence electrons. The van der Waals surface area contributed by atoms with Gasteiger partial charge in [0.1, 0.15) is 0 Å². The molecule has 11 nitrogen and oxygen atoms in total. The van der Waals surface area contributed by atoms with Crippen LogP contribution in [-0.2, 0) is 13.0 Å². The van der Waals surface area contributed by atoms with Crippen LogP contribution in [0.15, 0.2) is 60.9 Å². The minimum Gasteiger partial charge on any atom is -0.478 e. The smallest absolute Gasteiger partial charge is 0.416 e. The van der Waals surface area contributed by atoms with Gasteiger partial charge in [-0.3, -0.25) is 19.6 Å². The predicted octanol–water partition coefficient (Wildman–Crippen LogP) is 4.16. The number of carbonyl (C=O) groups is 3. The van der Waals surface area contributed by atoms with Crippen LogP contribution >= 0.6 is 0 Å². The highest BCUT2D eigenvalue weighted by molar-refractivity contribution is 6.04. The molecule has 2 fully saturated rings. The van der Waals surface area contributed by atoms with Crippen LogP contribution in [0, 0.1) is 0 Å². The van der Waals surface area contributed by atoms with E-state index in [2.05, 4.69) is 25.1 Å². The Morgan fingerprint density at radius 1 is 0.791 bits per heavy atom. The number of nitrogens with zero attached hydrogens (tertiary/aromatic N) is 5. The fourth-order valence-electron chi connectivity index (χ4n) is 5.35. The van der Waals surface area contributed by atoms with Crippen LogP contribution in [0.4, 0.5) is 10.5 Å². The molecule has 2 aliphatic heterocycles. The maximum absolute atomic E-state index is 12.7. The second-order valence-corrected chi connectivity index (χ2v) is 11.0. The van der Waals surface area contributed by atoms with E-state index >= 15 is 0 Å². The van der Waals surface area contributed by atoms with Gasteiger partial charge in [0.15, 0.2) is 0 Å². The highest BCUT2D eigenvalue weighted by Gasteiger charge is 2.23. The Hall–Kier alpha value is -4.35. The van der Waals surface area contributed by atoms with Crippen LogP contribution in [0.25, 0.3) is 0 Å². The van der Waals surface area contributed by atoms with Gasteiger partial charge in [-0.25, -0.2) is 14.6 Å². The van der Waals surface area contributed by atoms with Crippen LogP contribution in [0.1, 0.15) is 57.7 Å². The number of carboxylic acids is 1. The summed E-state index contributed by atoms with van der Waals surface area (Å²) >= 11 is 0. The first-order chi connectivity index (χ1) is 20.9. The van der Waals surface area contributed by atoms with E-state index in [9.17, 15) is 14.4 Å². The number of rotatable bonds is 10. The molecule has 0 spiro atoms. The first-order valence-electron chi connectivity index (χ1n) is 14.9. The average molecular weight is 587 g/mol. The monoisotopic (exact) mass is 586 g/mol. The van der Waals surface area contributed by atoms with Gasteiger partial charge in [-0.1, -0.05) is 18.6 Å². The first kappa shape index (κ1) is 30.1. The van der Waals surface area contributed by atoms with Crippen molar-refractivity contribution in [1.82, 2.24) is 24.7 Å². The van der Waals surface area contributed by atoms with Crippen LogP contribution in [-0.4, -0.2) is 93.6 Å². The number of pyridine rings is 2. The van der Waals surface area contributed by atoms with E-state index in [1.165, 1.54) is 37.2 Å². The molecular formula is C32H38N6O5. The third-order valence-corrected chi connectivity index (χ3v) is 7.87. The minimum absolute atomic E-state index is 0.175. The third-order valence-electron chi connectivity index (χ3n) is 7.87. The number of amides is 2. The van der Waals surface area contributed by atoms with Crippen molar-refractivity contribution in [1.29, 1.82) is 0 Å². The summed E-state index contributed by atoms with van der Waals surface area (Å²) in [6, 6.07) is 14.3. The number of aromatic nitrogens is 2. The molecule has 2 aromatic heterocycles. The normalized spacial score (nSPS) is 16.0. The van der Waals surface area contributed by atoms with Crippen LogP contribution in [0.3, 0.4) is 0 Å². The van der Waals surface area contributed by atoms with Crippen molar-refractivity contribution in [2.24, 2.45) is 0 Å². The molecule has 0 saturated carbocycles. The lowest BCUT2D eigenvalue weighted by Gasteiger charge is -2.33. The van der Waals surface area contributed by atoms with Gasteiger partial charge in [0.25, 0.3) is 5.91 Å². The fourth-order valence-corrected chi connectivity index (χ4v) is 5.35. The van der Waals surface area contributed by atoms with Crippen molar-refractivity contribution in [2.75, 3.05) is 51.1 Å². The summed E-state index contributed by atoms with van der Waals surface area (Å²) in [4.78, 5) is 51.2. The zero-order valence-corrected chi connectivity index (χ0v) is 24.3. The molecule has 0 radical (unpaired) electrons. The quantitative estimate of drug-likeness (QED) is 0.360. The number of hydrogen-bond donors (Lipinski definition) is 2. The SMILES string of the molecule is O=C(O)c1ccc(CCCN2CCN(C(=O)Oc3ccc(NC(=O)c4ccc(CN5CCCCC5)cc4)cn3)CC2)nc1. The number of piperidine rings is 1. The molecule has 2 saturated heterocycles. The van der Waals surface area contributed by atoms with Gasteiger partial charge in [0, 0.05) is 56.2 Å². The average Bonchev–Trinajstić information content (AvgIpc) is 3.03. The van der Waals surface area contributed by atoms with Crippen LogP contribution < -0.4 is 10.1 Å². The Balaban J connectivity index is 1.01. The topological polar surface area (TPSA) is 128 Å². The van der Waals surface area contributed by atoms with Crippen molar-refractivity contribution < 1.29 is 24.2 Å². The van der Waals surface area contributed by atoms with Crippen molar-refractivity contribution in [3.05, 3.63) is 83.3 Å². The van der Waals surface area contributed by atoms with Gasteiger partial charge in [-0.05, 0) is 81.2 Å². The number of carboxylic acid groups (broad SMARTS) is 1. The molecule has 2 aliphatic rings. The molecule has 0 atom stereocenters. The van der Waals surface area contributed by atoms with Crippen molar-refractivity contribution >= 4 is 23.7 Å². The lowest BCUT2D eigenvalue weighted by Crippen LogP contribution is -2.49. The molecule has 5 rings (SSSR count). The number of likely N-dealkylation sites (tertiary alicyclic amines) is 1. The Bertz CT molecular complexity index is 1370. The zero-order chi connectivity index (χ0) is 30.0. The molecule has 3 aromatic rings. The Kier molecular flexibility index (Phi) is 10.3. The highest BCUT2D eigenvalue weighted by atomic mass is 16.6. The second kappa shape index (κ2) is 14.7. The number of carbonyl (C=O) groups excluding carboxylic acids is 2. The first-order valence-corrected chi connectivity index (χ1v) is 14.9. The van der Waals surface area contributed by atoms with E-state index in [0.29, 0.717) is 24.3 Å². The van der Waals surface area contributed by atoms with Gasteiger partial charge in [0.05, 0.1) is 17.4 Å². The number of aryl methyl sites for hydroxylation is 1. The van der Waals surface area contributed by atoms with Crippen LogP contribution in [0.2, 0.25) is 0 Å². The Morgan fingerprint density at radius 2 is 1.53 bits per heavy atom. The molecule has 2 N–H and O–H groups in total. The van der Waals surface area contributed by atoms with Gasteiger partial charge in [0.2, 0.25) is 5.88 Å². The number of ether oxygens (including phenoxy) is 1. The molecular weight excluding hydrogens is 548 g/mol. The number of hydrogen-bond acceptors (Lipinski definition) is 8. The van der Waals surface area contributed by atoms with Gasteiger partial charge < -0.3 is 20.1 Å². The van der Waals surface area contributed by atoms with Crippen molar-refractivity contribution in [2.45, 2.75) is 38.6 Å². The second-order valence-electron chi connectivity index (χ2n) is 11.0. The minimum atomic E-state index is -0.980. The molecule has 2 amide bonds. The molecule has 43 heavy (non-hydrogen) atoms. The number of piperazine rings is 1. The van der Waals surface area contributed by atoms with E-state index in [1.807, 2.05) is 24.3 Å². The van der Waals surface area contributed by atoms with Gasteiger partial charge in [-0.2, -0.15) is 0 Å². The number of benzene rings is 1. The largest absolute Gasteiger partial charge is 0.478 e. The standard InChI is InChI=1S/C32H38N6O5/c39-30(25-8-6-24(7-9-25)23-37-14-2-1-3-15-37)35-28-12-13-29(34-22-28)43-32(42)38-19-17-36(18-20-38)16-4-5-27-11-10-26(21-33-27)31(40)41/h6-13,21-22H,1-5,14-20,23H2,(H,35,39)(H,40,41). The molecule has 4 heterocycles. The predicted molar refractivity (Wildman–Crippen MR) is 161 cm³/mol. The van der Waals surface area contributed by atoms with Gasteiger partial charge in [-0.15, -0.1) is 0 Å². The molecule has 0 unspecified atom stereocenters. The van der Waals surface area contributed by atoms with Crippen molar-refractivity contribution in [3.8, 4) is 5.88 Å². The summed E-state index contributed by atoms with van der Waals surface area (Å²) in [6.07, 6.45) is 7.87. The Labute approximate surface area is 251 Å². The van der Waals surface area contributed by atoms with E-state index in [4.69, 9.17) is 9.84 Å². The summed E-state index contributed by atoms with van der Waals surface area (Å²) in [5.41, 5.74) is 3.34. The maximum Gasteiger partial charge on any atom is 0.416 e. The summed E-state index contributed by atoms with van der Waals surface area (Å²) in [7, 11) is 0. The lowest BCUT2D eigenvalue weighted by atomic mass is 10.1. The summed E-state index contributed by atoms with van der Waals surface area (Å²) in [5, 5.41) is 11.8. The molecule has 11 heteroatoms. The summed E-state index contributed by atoms with van der Waals surface area (Å²) in [5.74, 6) is -1.03. The number of anilines is 1. The van der Waals surface area contributed by atoms with Crippen LogP contribution in [0.5, 0.6) is 5.88 Å². The number of nitrogens with one attached hydrogen (secondary N) is 1. The number of aromatic carboxylic acids is 1. The molecule has 1 aromatic carbocycles. The van der Waals surface area contributed by atoms with E-state index in [-0.39, 0.29) is 17.4 Å². The van der Waals surface area contributed by atoms with E-state index < -0.39 is 12.1 Å². The maximum atomic E-state index is 12.7. The van der Waals surface area contributed by atoms with Gasteiger partial charge >= 0.3 is 12.1 Å². The van der Waals surface area contributed by atoms with E-state index in [1.54, 1.807) is 29.2 Å². The summed E-state index contributed by atoms with van der Waals surface area (Å²) in [6.45, 7) is 6.61. The molecule has 0 aliphatic carbocycles. The highest BCUT2D eigenvalue weighted by Crippen LogP contribution is 2.17. The third kappa shape index (κ3) is 8.82. The lowest BCUT2D eigenvalue weighted by molar-refractivity contribution is 0.0696. The Morgan fingerprint density at radius 3 is 2.19 bits per heavy atom. The molecule has 0 bridgehead atoms. The zero-order valence-electron chi connectivity index (χ0n) is 24.3. The van der Waals surface area contributed by atoms with E-state index in [0.717, 1.165) is 57.8 Å². The summed E-state index contributed by atoms with van der Waals surface area (Å²) < 4.78 is 5.47. The van der Waals surface area contributed by atoms with Crippen molar-refractivity contribution in [3.63, 3.8) is 0 Å².